The summed E-state index contributed by atoms with van der Waals surface area (Å²) in [6, 6.07) is 14.3. The van der Waals surface area contributed by atoms with Crippen molar-refractivity contribution >= 4 is 17.5 Å². The first-order chi connectivity index (χ1) is 15.3. The van der Waals surface area contributed by atoms with Crippen LogP contribution < -0.4 is 4.90 Å². The van der Waals surface area contributed by atoms with Crippen LogP contribution in [0.5, 0.6) is 0 Å². The van der Waals surface area contributed by atoms with E-state index in [9.17, 15) is 0 Å². The zero-order valence-corrected chi connectivity index (χ0v) is 17.5. The van der Waals surface area contributed by atoms with Gasteiger partial charge in [0.15, 0.2) is 5.65 Å². The maximum atomic E-state index is 5.55. The Balaban J connectivity index is 1.50. The Morgan fingerprint density at radius 1 is 1.13 bits per heavy atom. The maximum Gasteiger partial charge on any atom is 0.177 e. The second-order valence-electron chi connectivity index (χ2n) is 7.64. The molecule has 4 aromatic rings. The minimum absolute atomic E-state index is 0.502. The van der Waals surface area contributed by atoms with Crippen molar-refractivity contribution in [2.24, 2.45) is 4.99 Å². The molecule has 31 heavy (non-hydrogen) atoms. The van der Waals surface area contributed by atoms with E-state index in [-0.39, 0.29) is 0 Å². The predicted octanol–water partition coefficient (Wildman–Crippen LogP) is 3.56. The van der Waals surface area contributed by atoms with Crippen LogP contribution in [0.1, 0.15) is 16.8 Å². The second-order valence-corrected chi connectivity index (χ2v) is 7.64. The van der Waals surface area contributed by atoms with Gasteiger partial charge < -0.3 is 9.64 Å². The van der Waals surface area contributed by atoms with Gasteiger partial charge in [-0.15, -0.1) is 0 Å². The Labute approximate surface area is 181 Å². The van der Waals surface area contributed by atoms with E-state index in [1.54, 1.807) is 6.20 Å². The lowest BCUT2D eigenvalue weighted by Gasteiger charge is -2.29. The molecule has 5 rings (SSSR count). The molecule has 1 saturated heterocycles. The lowest BCUT2D eigenvalue weighted by molar-refractivity contribution is 0.123. The van der Waals surface area contributed by atoms with Crippen molar-refractivity contribution in [3.05, 3.63) is 77.9 Å². The van der Waals surface area contributed by atoms with Crippen LogP contribution in [0.25, 0.3) is 16.9 Å². The van der Waals surface area contributed by atoms with Gasteiger partial charge in [-0.05, 0) is 30.7 Å². The Bertz CT molecular complexity index is 1210. The fourth-order valence-electron chi connectivity index (χ4n) is 3.77. The van der Waals surface area contributed by atoms with Crippen molar-refractivity contribution in [1.82, 2.24) is 19.6 Å². The van der Waals surface area contributed by atoms with E-state index in [4.69, 9.17) is 14.8 Å². The third kappa shape index (κ3) is 4.32. The van der Waals surface area contributed by atoms with Crippen LogP contribution in [-0.4, -0.2) is 52.1 Å². The van der Waals surface area contributed by atoms with Gasteiger partial charge in [-0.25, -0.2) is 9.50 Å². The largest absolute Gasteiger partial charge is 0.378 e. The summed E-state index contributed by atoms with van der Waals surface area (Å²) in [5.74, 6) is 0. The predicted molar refractivity (Wildman–Crippen MR) is 122 cm³/mol. The van der Waals surface area contributed by atoms with Crippen molar-refractivity contribution in [3.63, 3.8) is 0 Å². The molecule has 0 radical (unpaired) electrons. The number of pyridine rings is 1. The first-order valence-electron chi connectivity index (χ1n) is 10.5. The number of nitrogens with zero attached hydrogens (tertiary/aromatic N) is 6. The Morgan fingerprint density at radius 3 is 2.84 bits per heavy atom. The minimum Gasteiger partial charge on any atom is -0.378 e. The van der Waals surface area contributed by atoms with Crippen LogP contribution in [-0.2, 0) is 11.3 Å². The normalized spacial score (nSPS) is 14.5. The number of anilines is 1. The van der Waals surface area contributed by atoms with Crippen LogP contribution in [0.4, 0.5) is 5.69 Å². The molecule has 0 bridgehead atoms. The molecule has 0 unspecified atom stereocenters. The van der Waals surface area contributed by atoms with E-state index in [2.05, 4.69) is 46.1 Å². The van der Waals surface area contributed by atoms with E-state index in [1.165, 1.54) is 5.56 Å². The second kappa shape index (κ2) is 8.65. The molecule has 0 spiro atoms. The van der Waals surface area contributed by atoms with Gasteiger partial charge in [-0.2, -0.15) is 5.10 Å². The molecule has 3 aromatic heterocycles. The van der Waals surface area contributed by atoms with Gasteiger partial charge in [-0.3, -0.25) is 9.98 Å². The van der Waals surface area contributed by atoms with Crippen LogP contribution in [0.2, 0.25) is 0 Å². The van der Waals surface area contributed by atoms with Crippen LogP contribution >= 0.6 is 0 Å². The van der Waals surface area contributed by atoms with E-state index in [0.29, 0.717) is 19.8 Å². The molecule has 0 saturated carbocycles. The molecule has 7 nitrogen and oxygen atoms in total. The number of hydrogen-bond donors (Lipinski definition) is 0. The summed E-state index contributed by atoms with van der Waals surface area (Å²) in [6.45, 7) is 5.68. The molecule has 0 N–H and O–H groups in total. The van der Waals surface area contributed by atoms with Crippen molar-refractivity contribution in [3.8, 4) is 11.3 Å². The van der Waals surface area contributed by atoms with E-state index >= 15 is 0 Å². The maximum absolute atomic E-state index is 5.55. The number of aromatic nitrogens is 4. The summed E-state index contributed by atoms with van der Waals surface area (Å²) in [6.07, 6.45) is 7.45. The highest BCUT2D eigenvalue weighted by Crippen LogP contribution is 2.26. The number of benzene rings is 1. The summed E-state index contributed by atoms with van der Waals surface area (Å²) in [5.41, 5.74) is 6.94. The molecular formula is C24H24N6O. The number of ether oxygens (including phenoxy) is 1. The topological polar surface area (TPSA) is 67.9 Å². The fraction of sp³-hybridized carbons (Fsp3) is 0.250. The quantitative estimate of drug-likeness (QED) is 0.469. The summed E-state index contributed by atoms with van der Waals surface area (Å²) >= 11 is 0. The molecule has 1 aromatic carbocycles. The monoisotopic (exact) mass is 412 g/mol. The third-order valence-corrected chi connectivity index (χ3v) is 5.30. The molecule has 0 atom stereocenters. The summed E-state index contributed by atoms with van der Waals surface area (Å²) < 4.78 is 7.41. The van der Waals surface area contributed by atoms with Gasteiger partial charge in [0.05, 0.1) is 43.0 Å². The van der Waals surface area contributed by atoms with Gasteiger partial charge in [-0.1, -0.05) is 29.8 Å². The number of hydrogen-bond acceptors (Lipinski definition) is 6. The van der Waals surface area contributed by atoms with Gasteiger partial charge in [0.25, 0.3) is 0 Å². The molecule has 1 fully saturated rings. The average molecular weight is 412 g/mol. The van der Waals surface area contributed by atoms with Gasteiger partial charge >= 0.3 is 0 Å². The zero-order valence-electron chi connectivity index (χ0n) is 17.5. The first kappa shape index (κ1) is 19.4. The lowest BCUT2D eigenvalue weighted by Crippen LogP contribution is -2.36. The third-order valence-electron chi connectivity index (χ3n) is 5.30. The summed E-state index contributed by atoms with van der Waals surface area (Å²) in [4.78, 5) is 16.0. The van der Waals surface area contributed by atoms with E-state index in [1.807, 2.05) is 41.3 Å². The van der Waals surface area contributed by atoms with Crippen molar-refractivity contribution in [2.75, 3.05) is 31.2 Å². The molecule has 1 aliphatic rings. The van der Waals surface area contributed by atoms with Crippen LogP contribution in [0.3, 0.4) is 0 Å². The standard InChI is InChI=1S/C24H24N6O/c1-18-4-2-5-19(12-18)14-26-16-21-13-23(29-8-10-31-11-9-29)24-27-22(17-30(24)28-21)20-6-3-7-25-15-20/h2-7,12-15,17H,8-11,16H2,1H3. The summed E-state index contributed by atoms with van der Waals surface area (Å²) in [5, 5.41) is 4.79. The Hall–Kier alpha value is -3.58. The Kier molecular flexibility index (Phi) is 5.41. The van der Waals surface area contributed by atoms with E-state index < -0.39 is 0 Å². The molecule has 7 heteroatoms. The van der Waals surface area contributed by atoms with E-state index in [0.717, 1.165) is 46.9 Å². The number of aliphatic imine (C=N–C) groups is 1. The SMILES string of the molecule is Cc1cccc(C=NCc2cc(N3CCOCC3)c3nc(-c4cccnc4)cn3n2)c1. The zero-order chi connectivity index (χ0) is 21.0. The van der Waals surface area contributed by atoms with Gasteiger partial charge in [0.2, 0.25) is 0 Å². The highest BCUT2D eigenvalue weighted by atomic mass is 16.5. The minimum atomic E-state index is 0.502. The average Bonchev–Trinajstić information content (AvgIpc) is 3.24. The fourth-order valence-corrected chi connectivity index (χ4v) is 3.77. The highest BCUT2D eigenvalue weighted by Gasteiger charge is 2.18. The number of imidazole rings is 1. The van der Waals surface area contributed by atoms with Crippen LogP contribution in [0.15, 0.2) is 66.0 Å². The molecular weight excluding hydrogens is 388 g/mol. The number of aryl methyl sites for hydroxylation is 1. The van der Waals surface area contributed by atoms with Crippen molar-refractivity contribution in [1.29, 1.82) is 0 Å². The first-order valence-corrected chi connectivity index (χ1v) is 10.5. The smallest absolute Gasteiger partial charge is 0.177 e. The molecule has 0 aliphatic carbocycles. The number of rotatable bonds is 5. The summed E-state index contributed by atoms with van der Waals surface area (Å²) in [7, 11) is 0. The number of fused-ring (bicyclic) bond motifs is 1. The van der Waals surface area contributed by atoms with Crippen molar-refractivity contribution < 1.29 is 4.74 Å². The highest BCUT2D eigenvalue weighted by molar-refractivity contribution is 5.80. The lowest BCUT2D eigenvalue weighted by atomic mass is 10.1. The molecule has 156 valence electrons. The number of morpholine rings is 1. The van der Waals surface area contributed by atoms with Crippen molar-refractivity contribution in [2.45, 2.75) is 13.5 Å². The van der Waals surface area contributed by atoms with Gasteiger partial charge in [0, 0.05) is 37.3 Å². The van der Waals surface area contributed by atoms with Crippen LogP contribution in [0, 0.1) is 6.92 Å². The molecule has 4 heterocycles. The molecule has 0 amide bonds. The Morgan fingerprint density at radius 2 is 2.03 bits per heavy atom. The molecule has 1 aliphatic heterocycles. The van der Waals surface area contributed by atoms with Gasteiger partial charge in [0.1, 0.15) is 0 Å².